The molecule has 0 saturated heterocycles. The van der Waals surface area contributed by atoms with Crippen molar-refractivity contribution < 1.29 is 14.7 Å². The number of carbonyl (C=O) groups is 2. The van der Waals surface area contributed by atoms with Crippen molar-refractivity contribution in [1.82, 2.24) is 4.98 Å². The molecule has 0 aromatic carbocycles. The van der Waals surface area contributed by atoms with Gasteiger partial charge in [0.2, 0.25) is 5.91 Å². The lowest BCUT2D eigenvalue weighted by molar-refractivity contribution is -0.133. The van der Waals surface area contributed by atoms with E-state index in [9.17, 15) is 9.59 Å². The number of hydrogen-bond acceptors (Lipinski definition) is 5. The molecule has 106 valence electrons. The van der Waals surface area contributed by atoms with Gasteiger partial charge in [-0.05, 0) is 6.42 Å². The van der Waals surface area contributed by atoms with Crippen LogP contribution < -0.4 is 5.32 Å². The minimum absolute atomic E-state index is 0.00655. The third-order valence-corrected chi connectivity index (χ3v) is 4.42. The summed E-state index contributed by atoms with van der Waals surface area (Å²) in [5, 5.41) is 11.8. The molecule has 0 radical (unpaired) electrons. The first-order valence-electron chi connectivity index (χ1n) is 6.22. The van der Waals surface area contributed by atoms with Gasteiger partial charge in [0.25, 0.3) is 0 Å². The van der Waals surface area contributed by atoms with Gasteiger partial charge in [0.1, 0.15) is 0 Å². The number of nitrogens with zero attached hydrogens (tertiary/aromatic N) is 1. The van der Waals surface area contributed by atoms with Gasteiger partial charge in [0.05, 0.1) is 16.2 Å². The van der Waals surface area contributed by atoms with E-state index < -0.39 is 5.97 Å². The van der Waals surface area contributed by atoms with Gasteiger partial charge in [-0.3, -0.25) is 9.59 Å². The molecule has 1 rings (SSSR count). The predicted molar refractivity (Wildman–Crippen MR) is 77.9 cm³/mol. The Morgan fingerprint density at radius 1 is 1.42 bits per heavy atom. The number of anilines is 1. The van der Waals surface area contributed by atoms with E-state index in [1.807, 2.05) is 0 Å². The molecule has 1 heterocycles. The third kappa shape index (κ3) is 7.17. The van der Waals surface area contributed by atoms with Gasteiger partial charge in [-0.1, -0.05) is 37.5 Å². The summed E-state index contributed by atoms with van der Waals surface area (Å²) in [4.78, 5) is 26.1. The molecule has 1 aromatic rings. The van der Waals surface area contributed by atoms with Crippen LogP contribution in [0.2, 0.25) is 0 Å². The molecule has 1 aromatic heterocycles. The van der Waals surface area contributed by atoms with Crippen LogP contribution in [0.1, 0.15) is 39.0 Å². The largest absolute Gasteiger partial charge is 0.481 e. The van der Waals surface area contributed by atoms with E-state index in [2.05, 4.69) is 17.2 Å². The minimum Gasteiger partial charge on any atom is -0.481 e. The quantitative estimate of drug-likeness (QED) is 0.541. The van der Waals surface area contributed by atoms with E-state index in [4.69, 9.17) is 5.11 Å². The number of hydrogen-bond donors (Lipinski definition) is 2. The highest BCUT2D eigenvalue weighted by atomic mass is 32.2. The van der Waals surface area contributed by atoms with Gasteiger partial charge in [0.15, 0.2) is 5.13 Å². The van der Waals surface area contributed by atoms with Crippen LogP contribution in [0.25, 0.3) is 0 Å². The van der Waals surface area contributed by atoms with Crippen molar-refractivity contribution in [2.24, 2.45) is 0 Å². The standard InChI is InChI=1S/C12H18N2O3S2/c1-2-3-4-5-6-9(15)14-12-13-7-11(19-12)18-8-10(16)17/h7H,2-6,8H2,1H3,(H,16,17)(H,13,14,15). The van der Waals surface area contributed by atoms with Crippen LogP contribution in [0.5, 0.6) is 0 Å². The molecule has 0 spiro atoms. The number of amides is 1. The second kappa shape index (κ2) is 8.92. The second-order valence-corrected chi connectivity index (χ2v) is 6.33. The van der Waals surface area contributed by atoms with E-state index in [1.54, 1.807) is 6.20 Å². The first kappa shape index (κ1) is 16.0. The number of unbranched alkanes of at least 4 members (excludes halogenated alkanes) is 3. The highest BCUT2D eigenvalue weighted by Gasteiger charge is 2.08. The fourth-order valence-corrected chi connectivity index (χ4v) is 3.02. The van der Waals surface area contributed by atoms with Crippen molar-refractivity contribution in [3.8, 4) is 0 Å². The van der Waals surface area contributed by atoms with E-state index >= 15 is 0 Å². The lowest BCUT2D eigenvalue weighted by Gasteiger charge is -2.00. The van der Waals surface area contributed by atoms with E-state index in [1.165, 1.54) is 23.1 Å². The molecule has 7 heteroatoms. The molecule has 0 aliphatic rings. The minimum atomic E-state index is -0.861. The molecular formula is C12H18N2O3S2. The van der Waals surface area contributed by atoms with Crippen LogP contribution in [0.4, 0.5) is 5.13 Å². The van der Waals surface area contributed by atoms with Crippen LogP contribution in [0.15, 0.2) is 10.4 Å². The summed E-state index contributed by atoms with van der Waals surface area (Å²) in [5.74, 6) is -0.882. The van der Waals surface area contributed by atoms with Crippen molar-refractivity contribution in [2.75, 3.05) is 11.1 Å². The summed E-state index contributed by atoms with van der Waals surface area (Å²) in [5.41, 5.74) is 0. The fourth-order valence-electron chi connectivity index (χ4n) is 1.41. The molecule has 19 heavy (non-hydrogen) atoms. The lowest BCUT2D eigenvalue weighted by Crippen LogP contribution is -2.10. The Morgan fingerprint density at radius 3 is 2.89 bits per heavy atom. The highest BCUT2D eigenvalue weighted by molar-refractivity contribution is 8.01. The van der Waals surface area contributed by atoms with Crippen molar-refractivity contribution in [3.05, 3.63) is 6.20 Å². The number of nitrogens with one attached hydrogen (secondary N) is 1. The van der Waals surface area contributed by atoms with Gasteiger partial charge in [-0.25, -0.2) is 4.98 Å². The summed E-state index contributed by atoms with van der Waals surface area (Å²) in [6.07, 6.45) is 6.37. The number of carbonyl (C=O) groups excluding carboxylic acids is 1. The predicted octanol–water partition coefficient (Wildman–Crippen LogP) is 3.23. The number of carboxylic acids is 1. The van der Waals surface area contributed by atoms with Crippen molar-refractivity contribution >= 4 is 40.1 Å². The maximum absolute atomic E-state index is 11.6. The molecule has 0 aliphatic heterocycles. The highest BCUT2D eigenvalue weighted by Crippen LogP contribution is 2.28. The number of carboxylic acid groups (broad SMARTS) is 1. The summed E-state index contributed by atoms with van der Waals surface area (Å²) < 4.78 is 0.795. The zero-order chi connectivity index (χ0) is 14.1. The van der Waals surface area contributed by atoms with Crippen LogP contribution >= 0.6 is 23.1 Å². The SMILES string of the molecule is CCCCCCC(=O)Nc1ncc(SCC(=O)O)s1. The van der Waals surface area contributed by atoms with Gasteiger partial charge >= 0.3 is 5.97 Å². The van der Waals surface area contributed by atoms with Crippen molar-refractivity contribution in [1.29, 1.82) is 0 Å². The maximum Gasteiger partial charge on any atom is 0.313 e. The van der Waals surface area contributed by atoms with Gasteiger partial charge in [0, 0.05) is 6.42 Å². The molecule has 0 fully saturated rings. The molecule has 0 unspecified atom stereocenters. The molecule has 0 bridgehead atoms. The van der Waals surface area contributed by atoms with E-state index in [0.29, 0.717) is 11.6 Å². The maximum atomic E-state index is 11.6. The third-order valence-electron chi connectivity index (χ3n) is 2.33. The molecule has 2 N–H and O–H groups in total. The van der Waals surface area contributed by atoms with Crippen LogP contribution in [0, 0.1) is 0 Å². The van der Waals surface area contributed by atoms with Crippen LogP contribution in [-0.2, 0) is 9.59 Å². The molecule has 1 amide bonds. The second-order valence-electron chi connectivity index (χ2n) is 4.03. The molecular weight excluding hydrogens is 284 g/mol. The van der Waals surface area contributed by atoms with Crippen molar-refractivity contribution in [2.45, 2.75) is 43.2 Å². The average Bonchev–Trinajstić information content (AvgIpc) is 2.80. The summed E-state index contributed by atoms with van der Waals surface area (Å²) in [6.45, 7) is 2.13. The van der Waals surface area contributed by atoms with E-state index in [-0.39, 0.29) is 11.7 Å². The molecule has 0 saturated carbocycles. The number of aromatic nitrogens is 1. The van der Waals surface area contributed by atoms with Gasteiger partial charge in [-0.2, -0.15) is 0 Å². The first-order chi connectivity index (χ1) is 9.11. The van der Waals surface area contributed by atoms with Gasteiger partial charge in [-0.15, -0.1) is 11.8 Å². The Hall–Kier alpha value is -1.08. The number of rotatable bonds is 9. The Kier molecular flexibility index (Phi) is 7.50. The van der Waals surface area contributed by atoms with Crippen LogP contribution in [0.3, 0.4) is 0 Å². The molecule has 0 atom stereocenters. The molecule has 5 nitrogen and oxygen atoms in total. The zero-order valence-corrected chi connectivity index (χ0v) is 12.5. The Balaban J connectivity index is 2.28. The van der Waals surface area contributed by atoms with Crippen molar-refractivity contribution in [3.63, 3.8) is 0 Å². The molecule has 0 aliphatic carbocycles. The number of thiazole rings is 1. The topological polar surface area (TPSA) is 79.3 Å². The van der Waals surface area contributed by atoms with Gasteiger partial charge < -0.3 is 10.4 Å². The summed E-state index contributed by atoms with van der Waals surface area (Å²) >= 11 is 2.51. The fraction of sp³-hybridized carbons (Fsp3) is 0.583. The average molecular weight is 302 g/mol. The van der Waals surface area contributed by atoms with Crippen LogP contribution in [-0.4, -0.2) is 27.7 Å². The number of aliphatic carboxylic acids is 1. The number of thioether (sulfide) groups is 1. The Bertz CT molecular complexity index is 421. The van der Waals surface area contributed by atoms with E-state index in [0.717, 1.165) is 29.9 Å². The lowest BCUT2D eigenvalue weighted by atomic mass is 10.1. The monoisotopic (exact) mass is 302 g/mol. The summed E-state index contributed by atoms with van der Waals surface area (Å²) in [7, 11) is 0. The Morgan fingerprint density at radius 2 is 2.21 bits per heavy atom. The first-order valence-corrected chi connectivity index (χ1v) is 8.02. The normalized spacial score (nSPS) is 10.4. The Labute approximate surface area is 120 Å². The smallest absolute Gasteiger partial charge is 0.313 e. The summed E-state index contributed by atoms with van der Waals surface area (Å²) in [6, 6.07) is 0. The zero-order valence-electron chi connectivity index (χ0n) is 10.8.